The summed E-state index contributed by atoms with van der Waals surface area (Å²) < 4.78 is 0. The van der Waals surface area contributed by atoms with Crippen LogP contribution in [0.1, 0.15) is 6.92 Å². The van der Waals surface area contributed by atoms with Crippen molar-refractivity contribution >= 4 is 13.8 Å². The van der Waals surface area contributed by atoms with Gasteiger partial charge in [-0.1, -0.05) is 6.08 Å². The lowest BCUT2D eigenvalue weighted by atomic mass is 10.4. The van der Waals surface area contributed by atoms with Crippen molar-refractivity contribution in [3.8, 4) is 0 Å². The fourth-order valence-corrected chi connectivity index (χ4v) is 2.66. The molecule has 2 nitrogen and oxygen atoms in total. The van der Waals surface area contributed by atoms with Crippen LogP contribution in [0.4, 0.5) is 0 Å². The Hall–Kier alpha value is -0.360. The summed E-state index contributed by atoms with van der Waals surface area (Å²) in [7, 11) is 0.230. The molecule has 0 atom stereocenters. The maximum atomic E-state index is 11.4. The highest BCUT2D eigenvalue weighted by Gasteiger charge is 2.17. The van der Waals surface area contributed by atoms with Crippen LogP contribution in [0.3, 0.4) is 0 Å². The highest BCUT2D eigenvalue weighted by molar-refractivity contribution is 7.56. The predicted octanol–water partition coefficient (Wildman–Crippen LogP) is 1.52. The Morgan fingerprint density at radius 2 is 2.00 bits per heavy atom. The van der Waals surface area contributed by atoms with E-state index in [2.05, 4.69) is 6.66 Å². The molecular formula is C9H16NOP. The quantitative estimate of drug-likeness (QED) is 0.448. The highest BCUT2D eigenvalue weighted by atomic mass is 31.1. The molecular weight excluding hydrogens is 169 g/mol. The molecule has 0 saturated carbocycles. The second-order valence-corrected chi connectivity index (χ2v) is 5.74. The van der Waals surface area contributed by atoms with Gasteiger partial charge in [0.15, 0.2) is 0 Å². The van der Waals surface area contributed by atoms with Gasteiger partial charge in [0.2, 0.25) is 5.91 Å². The summed E-state index contributed by atoms with van der Waals surface area (Å²) in [4.78, 5) is 13.3. The van der Waals surface area contributed by atoms with Crippen molar-refractivity contribution in [3.63, 3.8) is 0 Å². The number of allylic oxidation sites excluding steroid dienone is 1. The first-order valence-electron chi connectivity index (χ1n) is 4.34. The Kier molecular flexibility index (Phi) is 3.74. The van der Waals surface area contributed by atoms with E-state index in [9.17, 15) is 4.79 Å². The summed E-state index contributed by atoms with van der Waals surface area (Å²) >= 11 is 0. The van der Waals surface area contributed by atoms with E-state index >= 15 is 0 Å². The molecule has 0 aromatic carbocycles. The van der Waals surface area contributed by atoms with Gasteiger partial charge in [-0.3, -0.25) is 4.79 Å². The van der Waals surface area contributed by atoms with Crippen molar-refractivity contribution in [2.24, 2.45) is 0 Å². The van der Waals surface area contributed by atoms with Crippen LogP contribution in [0, 0.1) is 0 Å². The Bertz CT molecular complexity index is 183. The largest absolute Gasteiger partial charge is 0.338 e. The first kappa shape index (κ1) is 9.73. The zero-order valence-electron chi connectivity index (χ0n) is 7.79. The Balaban J connectivity index is 2.39. The van der Waals surface area contributed by atoms with Gasteiger partial charge in [0.05, 0.1) is 0 Å². The van der Waals surface area contributed by atoms with Crippen LogP contribution < -0.4 is 0 Å². The summed E-state index contributed by atoms with van der Waals surface area (Å²) in [5.74, 6) is 0.181. The van der Waals surface area contributed by atoms with Gasteiger partial charge in [-0.15, -0.1) is 7.92 Å². The van der Waals surface area contributed by atoms with Gasteiger partial charge in [0, 0.05) is 13.1 Å². The molecule has 68 valence electrons. The van der Waals surface area contributed by atoms with Gasteiger partial charge in [0.1, 0.15) is 0 Å². The third-order valence-electron chi connectivity index (χ3n) is 2.12. The van der Waals surface area contributed by atoms with Crippen molar-refractivity contribution in [2.75, 3.05) is 32.1 Å². The zero-order chi connectivity index (χ0) is 8.97. The number of hydrogen-bond acceptors (Lipinski definition) is 1. The van der Waals surface area contributed by atoms with Crippen molar-refractivity contribution in [2.45, 2.75) is 6.92 Å². The minimum atomic E-state index is 0.181. The van der Waals surface area contributed by atoms with Crippen molar-refractivity contribution in [1.29, 1.82) is 0 Å². The smallest absolute Gasteiger partial charge is 0.246 e. The van der Waals surface area contributed by atoms with E-state index in [0.29, 0.717) is 0 Å². The topological polar surface area (TPSA) is 20.3 Å². The first-order valence-corrected chi connectivity index (χ1v) is 6.50. The molecule has 0 spiro atoms. The summed E-state index contributed by atoms with van der Waals surface area (Å²) in [5.41, 5.74) is 0. The minimum Gasteiger partial charge on any atom is -0.338 e. The van der Waals surface area contributed by atoms with E-state index in [0.717, 1.165) is 13.1 Å². The summed E-state index contributed by atoms with van der Waals surface area (Å²) in [6.45, 7) is 6.12. The lowest BCUT2D eigenvalue weighted by Gasteiger charge is -2.29. The maximum Gasteiger partial charge on any atom is 0.246 e. The van der Waals surface area contributed by atoms with Gasteiger partial charge in [-0.05, 0) is 32.0 Å². The average Bonchev–Trinajstić information content (AvgIpc) is 2.06. The zero-order valence-corrected chi connectivity index (χ0v) is 8.68. The molecule has 0 aromatic heterocycles. The molecule has 1 amide bonds. The van der Waals surface area contributed by atoms with Crippen molar-refractivity contribution in [3.05, 3.63) is 12.2 Å². The molecule has 1 rings (SSSR count). The van der Waals surface area contributed by atoms with Crippen LogP contribution in [-0.2, 0) is 4.79 Å². The van der Waals surface area contributed by atoms with Crippen LogP contribution in [0.5, 0.6) is 0 Å². The number of hydrogen-bond donors (Lipinski definition) is 0. The molecule has 1 saturated heterocycles. The fraction of sp³-hybridized carbons (Fsp3) is 0.667. The first-order chi connectivity index (χ1) is 5.74. The number of rotatable bonds is 1. The van der Waals surface area contributed by atoms with Crippen LogP contribution in [0.2, 0.25) is 0 Å². The van der Waals surface area contributed by atoms with Gasteiger partial charge in [0.25, 0.3) is 0 Å². The standard InChI is InChI=1S/C9H16NOP/c1-3-4-9(11)10-5-7-12(2)8-6-10/h3-4H,5-8H2,1-2H3/b4-3+. The van der Waals surface area contributed by atoms with Crippen molar-refractivity contribution < 1.29 is 4.79 Å². The van der Waals surface area contributed by atoms with Crippen LogP contribution >= 0.6 is 7.92 Å². The van der Waals surface area contributed by atoms with Crippen LogP contribution in [-0.4, -0.2) is 42.9 Å². The lowest BCUT2D eigenvalue weighted by Crippen LogP contribution is -2.37. The second-order valence-electron chi connectivity index (χ2n) is 3.13. The molecule has 1 aliphatic rings. The summed E-state index contributed by atoms with van der Waals surface area (Å²) in [5, 5.41) is 0. The SMILES string of the molecule is C/C=C/C(=O)N1CCP(C)CC1. The molecule has 1 aliphatic heterocycles. The van der Waals surface area contributed by atoms with Crippen LogP contribution in [0.25, 0.3) is 0 Å². The Morgan fingerprint density at radius 1 is 1.42 bits per heavy atom. The summed E-state index contributed by atoms with van der Waals surface area (Å²) in [6.07, 6.45) is 5.91. The molecule has 1 heterocycles. The monoisotopic (exact) mass is 185 g/mol. The molecule has 0 aromatic rings. The van der Waals surface area contributed by atoms with E-state index in [-0.39, 0.29) is 13.8 Å². The van der Waals surface area contributed by atoms with E-state index in [1.54, 1.807) is 6.08 Å². The molecule has 0 unspecified atom stereocenters. The van der Waals surface area contributed by atoms with E-state index in [1.807, 2.05) is 17.9 Å². The van der Waals surface area contributed by atoms with E-state index in [1.165, 1.54) is 12.3 Å². The van der Waals surface area contributed by atoms with Gasteiger partial charge in [-0.25, -0.2) is 0 Å². The third kappa shape index (κ3) is 2.60. The van der Waals surface area contributed by atoms with Gasteiger partial charge >= 0.3 is 0 Å². The predicted molar refractivity (Wildman–Crippen MR) is 54.0 cm³/mol. The Morgan fingerprint density at radius 3 is 2.50 bits per heavy atom. The van der Waals surface area contributed by atoms with Gasteiger partial charge in [-0.2, -0.15) is 0 Å². The summed E-state index contributed by atoms with van der Waals surface area (Å²) in [6, 6.07) is 0. The number of nitrogens with zero attached hydrogens (tertiary/aromatic N) is 1. The molecule has 0 N–H and O–H groups in total. The third-order valence-corrected chi connectivity index (χ3v) is 4.05. The lowest BCUT2D eigenvalue weighted by molar-refractivity contribution is -0.125. The molecule has 0 aliphatic carbocycles. The molecule has 0 bridgehead atoms. The molecule has 0 radical (unpaired) electrons. The van der Waals surface area contributed by atoms with E-state index < -0.39 is 0 Å². The maximum absolute atomic E-state index is 11.4. The number of carbonyl (C=O) groups is 1. The van der Waals surface area contributed by atoms with Gasteiger partial charge < -0.3 is 4.90 Å². The van der Waals surface area contributed by atoms with Crippen LogP contribution in [0.15, 0.2) is 12.2 Å². The van der Waals surface area contributed by atoms with Crippen molar-refractivity contribution in [1.82, 2.24) is 4.90 Å². The Labute approximate surface area is 75.4 Å². The van der Waals surface area contributed by atoms with E-state index in [4.69, 9.17) is 0 Å². The normalized spacial score (nSPS) is 20.3. The fourth-order valence-electron chi connectivity index (χ4n) is 1.27. The number of carbonyl (C=O) groups excluding carboxylic acids is 1. The molecule has 12 heavy (non-hydrogen) atoms. The molecule has 1 fully saturated rings. The number of amides is 1. The minimum absolute atomic E-state index is 0.181. The molecule has 3 heteroatoms. The second kappa shape index (κ2) is 4.61. The highest BCUT2D eigenvalue weighted by Crippen LogP contribution is 2.32. The average molecular weight is 185 g/mol.